The van der Waals surface area contributed by atoms with E-state index >= 15 is 0 Å². The van der Waals surface area contributed by atoms with Crippen LogP contribution in [0.3, 0.4) is 0 Å². The molecular formula is C15H31N9O4. The first kappa shape index (κ1) is 24.9. The zero-order valence-corrected chi connectivity index (χ0v) is 15.9. The van der Waals surface area contributed by atoms with Crippen molar-refractivity contribution in [3.05, 3.63) is 0 Å². The SMILES string of the molecule is CC(N)C(=O)NC(CCCNC(=N)N)C(=O)NC(CCCNC(=N)N)C(=O)O. The molecule has 2 amide bonds. The highest BCUT2D eigenvalue weighted by molar-refractivity contribution is 5.91. The number of carboxylic acid groups (broad SMARTS) is 1. The fourth-order valence-corrected chi connectivity index (χ4v) is 2.16. The smallest absolute Gasteiger partial charge is 0.326 e. The Morgan fingerprint density at radius 2 is 1.32 bits per heavy atom. The van der Waals surface area contributed by atoms with Gasteiger partial charge in [-0.1, -0.05) is 0 Å². The van der Waals surface area contributed by atoms with Crippen molar-refractivity contribution >= 4 is 29.7 Å². The first-order valence-electron chi connectivity index (χ1n) is 8.79. The summed E-state index contributed by atoms with van der Waals surface area (Å²) in [5.74, 6) is -2.85. The lowest BCUT2D eigenvalue weighted by Crippen LogP contribution is -2.54. The molecule has 0 aliphatic rings. The lowest BCUT2D eigenvalue weighted by molar-refractivity contribution is -0.142. The molecule has 0 bridgehead atoms. The molecule has 3 unspecified atom stereocenters. The number of aliphatic carboxylic acids is 1. The zero-order valence-electron chi connectivity index (χ0n) is 15.9. The molecule has 0 heterocycles. The number of carbonyl (C=O) groups is 3. The average molecular weight is 401 g/mol. The Hall–Kier alpha value is -3.09. The van der Waals surface area contributed by atoms with Gasteiger partial charge in [0.15, 0.2) is 11.9 Å². The van der Waals surface area contributed by atoms with E-state index in [-0.39, 0.29) is 31.3 Å². The summed E-state index contributed by atoms with van der Waals surface area (Å²) in [6, 6.07) is -2.98. The van der Waals surface area contributed by atoms with E-state index in [1.165, 1.54) is 6.92 Å². The number of amides is 2. The fourth-order valence-electron chi connectivity index (χ4n) is 2.16. The van der Waals surface area contributed by atoms with Crippen LogP contribution in [0.1, 0.15) is 32.6 Å². The van der Waals surface area contributed by atoms with Crippen LogP contribution in [0.4, 0.5) is 0 Å². The second-order valence-electron chi connectivity index (χ2n) is 6.21. The van der Waals surface area contributed by atoms with Gasteiger partial charge in [0.05, 0.1) is 6.04 Å². The van der Waals surface area contributed by atoms with Gasteiger partial charge in [0.2, 0.25) is 11.8 Å². The summed E-state index contributed by atoms with van der Waals surface area (Å²) in [5.41, 5.74) is 15.8. The summed E-state index contributed by atoms with van der Waals surface area (Å²) in [4.78, 5) is 35.7. The largest absolute Gasteiger partial charge is 0.480 e. The van der Waals surface area contributed by atoms with E-state index in [9.17, 15) is 19.5 Å². The molecule has 0 aliphatic carbocycles. The minimum absolute atomic E-state index is 0.112. The molecule has 0 saturated carbocycles. The Morgan fingerprint density at radius 1 is 0.893 bits per heavy atom. The minimum Gasteiger partial charge on any atom is -0.480 e. The monoisotopic (exact) mass is 401 g/mol. The molecule has 3 atom stereocenters. The molecule has 0 spiro atoms. The summed E-state index contributed by atoms with van der Waals surface area (Å²) in [6.45, 7) is 2.06. The maximum absolute atomic E-state index is 12.5. The van der Waals surface area contributed by atoms with Gasteiger partial charge in [-0.3, -0.25) is 20.4 Å². The van der Waals surface area contributed by atoms with Gasteiger partial charge in [0.25, 0.3) is 0 Å². The van der Waals surface area contributed by atoms with Crippen LogP contribution < -0.4 is 38.5 Å². The number of nitrogens with two attached hydrogens (primary N) is 3. The Bertz CT molecular complexity index is 568. The van der Waals surface area contributed by atoms with Crippen LogP contribution in [-0.4, -0.2) is 66.0 Å². The highest BCUT2D eigenvalue weighted by Gasteiger charge is 2.26. The van der Waals surface area contributed by atoms with E-state index in [1.807, 2.05) is 0 Å². The van der Waals surface area contributed by atoms with Crippen LogP contribution in [0.5, 0.6) is 0 Å². The van der Waals surface area contributed by atoms with Crippen molar-refractivity contribution in [1.82, 2.24) is 21.3 Å². The molecule has 0 aliphatic heterocycles. The molecule has 13 nitrogen and oxygen atoms in total. The number of carbonyl (C=O) groups excluding carboxylic acids is 2. The molecule has 28 heavy (non-hydrogen) atoms. The Labute approximate surface area is 163 Å². The van der Waals surface area contributed by atoms with Gasteiger partial charge in [-0.15, -0.1) is 0 Å². The van der Waals surface area contributed by atoms with Gasteiger partial charge in [-0.25, -0.2) is 4.79 Å². The van der Waals surface area contributed by atoms with Gasteiger partial charge in [0.1, 0.15) is 12.1 Å². The summed E-state index contributed by atoms with van der Waals surface area (Å²) >= 11 is 0. The van der Waals surface area contributed by atoms with Crippen molar-refractivity contribution in [2.24, 2.45) is 17.2 Å². The maximum Gasteiger partial charge on any atom is 0.326 e. The van der Waals surface area contributed by atoms with E-state index in [1.54, 1.807) is 0 Å². The van der Waals surface area contributed by atoms with Gasteiger partial charge < -0.3 is 43.6 Å². The molecule has 0 aromatic rings. The van der Waals surface area contributed by atoms with Crippen molar-refractivity contribution in [2.75, 3.05) is 13.1 Å². The van der Waals surface area contributed by atoms with Crippen molar-refractivity contribution in [3.63, 3.8) is 0 Å². The molecule has 0 aromatic heterocycles. The quantitative estimate of drug-likeness (QED) is 0.0852. The van der Waals surface area contributed by atoms with Crippen molar-refractivity contribution in [1.29, 1.82) is 10.8 Å². The van der Waals surface area contributed by atoms with Crippen LogP contribution in [-0.2, 0) is 14.4 Å². The summed E-state index contributed by atoms with van der Waals surface area (Å²) < 4.78 is 0. The van der Waals surface area contributed by atoms with Crippen molar-refractivity contribution in [3.8, 4) is 0 Å². The standard InChI is InChI=1S/C15H31N9O4/c1-8(16)11(25)23-9(4-2-6-21-14(17)18)12(26)24-10(13(27)28)5-3-7-22-15(19)20/h8-10H,2-7,16H2,1H3,(H,23,25)(H,24,26)(H,27,28)(H4,17,18,21)(H4,19,20,22). The van der Waals surface area contributed by atoms with Crippen molar-refractivity contribution in [2.45, 2.75) is 50.7 Å². The molecule has 0 radical (unpaired) electrons. The number of rotatable bonds is 13. The first-order chi connectivity index (χ1) is 13.0. The lowest BCUT2D eigenvalue weighted by atomic mass is 10.1. The molecule has 160 valence electrons. The molecule has 13 N–H and O–H groups in total. The summed E-state index contributed by atoms with van der Waals surface area (Å²) in [5, 5.41) is 33.5. The second kappa shape index (κ2) is 13.1. The topological polar surface area (TPSA) is 245 Å². The van der Waals surface area contributed by atoms with Crippen LogP contribution in [0.15, 0.2) is 0 Å². The van der Waals surface area contributed by atoms with E-state index in [2.05, 4.69) is 21.3 Å². The van der Waals surface area contributed by atoms with E-state index in [4.69, 9.17) is 28.0 Å². The Balaban J connectivity index is 4.84. The molecule has 0 fully saturated rings. The first-order valence-corrected chi connectivity index (χ1v) is 8.79. The third-order valence-electron chi connectivity index (χ3n) is 3.63. The zero-order chi connectivity index (χ0) is 21.7. The lowest BCUT2D eigenvalue weighted by Gasteiger charge is -2.22. The second-order valence-corrected chi connectivity index (χ2v) is 6.21. The van der Waals surface area contributed by atoms with Crippen LogP contribution >= 0.6 is 0 Å². The third kappa shape index (κ3) is 11.5. The van der Waals surface area contributed by atoms with Gasteiger partial charge in [-0.2, -0.15) is 0 Å². The van der Waals surface area contributed by atoms with Gasteiger partial charge >= 0.3 is 5.97 Å². The van der Waals surface area contributed by atoms with E-state index in [0.29, 0.717) is 19.4 Å². The summed E-state index contributed by atoms with van der Waals surface area (Å²) in [6.07, 6.45) is 1.07. The summed E-state index contributed by atoms with van der Waals surface area (Å²) in [7, 11) is 0. The molecule has 0 aromatic carbocycles. The van der Waals surface area contributed by atoms with Gasteiger partial charge in [-0.05, 0) is 32.6 Å². The number of hydrogen-bond acceptors (Lipinski definition) is 6. The number of hydrogen-bond donors (Lipinski definition) is 10. The normalized spacial score (nSPS) is 13.5. The van der Waals surface area contributed by atoms with E-state index in [0.717, 1.165) is 0 Å². The number of guanidine groups is 2. The Morgan fingerprint density at radius 3 is 1.71 bits per heavy atom. The van der Waals surface area contributed by atoms with Crippen LogP contribution in [0, 0.1) is 10.8 Å². The fraction of sp³-hybridized carbons (Fsp3) is 0.667. The minimum atomic E-state index is -1.22. The van der Waals surface area contributed by atoms with E-state index < -0.39 is 35.9 Å². The third-order valence-corrected chi connectivity index (χ3v) is 3.63. The highest BCUT2D eigenvalue weighted by atomic mass is 16.4. The van der Waals surface area contributed by atoms with Crippen LogP contribution in [0.2, 0.25) is 0 Å². The van der Waals surface area contributed by atoms with Crippen LogP contribution in [0.25, 0.3) is 0 Å². The molecular weight excluding hydrogens is 370 g/mol. The molecule has 13 heteroatoms. The van der Waals surface area contributed by atoms with Crippen molar-refractivity contribution < 1.29 is 19.5 Å². The highest BCUT2D eigenvalue weighted by Crippen LogP contribution is 2.02. The number of nitrogens with one attached hydrogen (secondary N) is 6. The average Bonchev–Trinajstić information content (AvgIpc) is 2.58. The Kier molecular flexibility index (Phi) is 11.7. The molecule has 0 rings (SSSR count). The molecule has 0 saturated heterocycles. The predicted molar refractivity (Wildman–Crippen MR) is 103 cm³/mol. The maximum atomic E-state index is 12.5. The predicted octanol–water partition coefficient (Wildman–Crippen LogP) is -3.09. The van der Waals surface area contributed by atoms with Gasteiger partial charge in [0, 0.05) is 13.1 Å². The number of carboxylic acids is 1.